The summed E-state index contributed by atoms with van der Waals surface area (Å²) in [6.45, 7) is 0. The van der Waals surface area contributed by atoms with E-state index in [0.29, 0.717) is 16.5 Å². The molecule has 0 atom stereocenters. The van der Waals surface area contributed by atoms with E-state index in [1.165, 1.54) is 7.11 Å². The van der Waals surface area contributed by atoms with Crippen LogP contribution in [-0.2, 0) is 4.79 Å². The second-order valence-electron chi connectivity index (χ2n) is 2.50. The zero-order valence-electron chi connectivity index (χ0n) is 7.51. The maximum absolute atomic E-state index is 11.0. The van der Waals surface area contributed by atoms with E-state index in [1.54, 1.807) is 18.2 Å². The highest BCUT2D eigenvalue weighted by Gasteiger charge is 2.09. The molecule has 0 saturated carbocycles. The number of hydrogen-bond acceptors (Lipinski definition) is 2. The first kappa shape index (κ1) is 11.1. The molecular formula is C9H9Cl2NO2. The van der Waals surface area contributed by atoms with E-state index in [-0.39, 0.29) is 11.8 Å². The predicted molar refractivity (Wildman–Crippen MR) is 57.4 cm³/mol. The van der Waals surface area contributed by atoms with E-state index < -0.39 is 0 Å². The van der Waals surface area contributed by atoms with Crippen LogP contribution in [0.15, 0.2) is 18.2 Å². The average Bonchev–Trinajstić information content (AvgIpc) is 2.18. The molecule has 14 heavy (non-hydrogen) atoms. The Balaban J connectivity index is 2.96. The molecule has 0 radical (unpaired) electrons. The van der Waals surface area contributed by atoms with E-state index in [0.717, 1.165) is 0 Å². The monoisotopic (exact) mass is 233 g/mol. The molecule has 3 nitrogen and oxygen atoms in total. The van der Waals surface area contributed by atoms with Crippen molar-refractivity contribution in [3.8, 4) is 5.75 Å². The van der Waals surface area contributed by atoms with Crippen molar-refractivity contribution >= 4 is 34.8 Å². The van der Waals surface area contributed by atoms with Crippen LogP contribution in [0, 0.1) is 0 Å². The van der Waals surface area contributed by atoms with E-state index >= 15 is 0 Å². The van der Waals surface area contributed by atoms with Gasteiger partial charge < -0.3 is 10.1 Å². The van der Waals surface area contributed by atoms with Crippen molar-refractivity contribution in [2.45, 2.75) is 0 Å². The summed E-state index contributed by atoms with van der Waals surface area (Å²) in [7, 11) is 1.48. The lowest BCUT2D eigenvalue weighted by Gasteiger charge is -2.10. The van der Waals surface area contributed by atoms with Crippen molar-refractivity contribution in [1.29, 1.82) is 0 Å². The SMILES string of the molecule is COc1c(Cl)cccc1NC(=O)CCl. The molecule has 0 unspecified atom stereocenters. The van der Waals surface area contributed by atoms with Gasteiger partial charge in [0.15, 0.2) is 5.75 Å². The Labute approximate surface area is 92.0 Å². The van der Waals surface area contributed by atoms with Crippen molar-refractivity contribution in [3.63, 3.8) is 0 Å². The summed E-state index contributed by atoms with van der Waals surface area (Å²) in [6.07, 6.45) is 0. The van der Waals surface area contributed by atoms with Crippen molar-refractivity contribution in [2.24, 2.45) is 0 Å². The number of halogens is 2. The number of anilines is 1. The quantitative estimate of drug-likeness (QED) is 0.816. The van der Waals surface area contributed by atoms with E-state index in [2.05, 4.69) is 5.32 Å². The second kappa shape index (κ2) is 5.08. The summed E-state index contributed by atoms with van der Waals surface area (Å²) < 4.78 is 5.03. The number of ether oxygens (including phenoxy) is 1. The number of amides is 1. The van der Waals surface area contributed by atoms with Gasteiger partial charge in [-0.25, -0.2) is 0 Å². The lowest BCUT2D eigenvalue weighted by atomic mass is 10.3. The topological polar surface area (TPSA) is 38.3 Å². The van der Waals surface area contributed by atoms with Gasteiger partial charge in [0, 0.05) is 0 Å². The molecular weight excluding hydrogens is 225 g/mol. The summed E-state index contributed by atoms with van der Waals surface area (Å²) in [5.74, 6) is 0.0372. The Morgan fingerprint density at radius 2 is 2.29 bits per heavy atom. The predicted octanol–water partition coefficient (Wildman–Crippen LogP) is 2.53. The van der Waals surface area contributed by atoms with Gasteiger partial charge in [0.05, 0.1) is 17.8 Å². The van der Waals surface area contributed by atoms with Crippen LogP contribution in [0.3, 0.4) is 0 Å². The van der Waals surface area contributed by atoms with Crippen LogP contribution in [0.1, 0.15) is 0 Å². The number of benzene rings is 1. The molecule has 1 rings (SSSR count). The highest BCUT2D eigenvalue weighted by atomic mass is 35.5. The molecule has 1 N–H and O–H groups in total. The molecule has 0 aliphatic carbocycles. The molecule has 0 bridgehead atoms. The standard InChI is InChI=1S/C9H9Cl2NO2/c1-14-9-6(11)3-2-4-7(9)12-8(13)5-10/h2-4H,5H2,1H3,(H,12,13). The van der Waals surface area contributed by atoms with Crippen molar-refractivity contribution in [2.75, 3.05) is 18.3 Å². The fraction of sp³-hybridized carbons (Fsp3) is 0.222. The molecule has 1 amide bonds. The summed E-state index contributed by atoms with van der Waals surface area (Å²) in [6, 6.07) is 5.08. The lowest BCUT2D eigenvalue weighted by Crippen LogP contribution is -2.13. The minimum absolute atomic E-state index is 0.102. The van der Waals surface area contributed by atoms with Crippen LogP contribution in [-0.4, -0.2) is 18.9 Å². The van der Waals surface area contributed by atoms with E-state index in [4.69, 9.17) is 27.9 Å². The first-order valence-electron chi connectivity index (χ1n) is 3.87. The molecule has 0 aromatic heterocycles. The average molecular weight is 234 g/mol. The minimum atomic E-state index is -0.299. The number of nitrogens with one attached hydrogen (secondary N) is 1. The van der Waals surface area contributed by atoms with E-state index in [9.17, 15) is 4.79 Å². The lowest BCUT2D eigenvalue weighted by molar-refractivity contribution is -0.113. The number of carbonyl (C=O) groups is 1. The molecule has 1 aromatic carbocycles. The number of para-hydroxylation sites is 1. The van der Waals surface area contributed by atoms with E-state index in [1.807, 2.05) is 0 Å². The Morgan fingerprint density at radius 3 is 2.86 bits per heavy atom. The maximum atomic E-state index is 11.0. The third-order valence-corrected chi connectivity index (χ3v) is 2.11. The summed E-state index contributed by atoms with van der Waals surface area (Å²) in [5.41, 5.74) is 0.519. The first-order valence-corrected chi connectivity index (χ1v) is 4.78. The van der Waals surface area contributed by atoms with Gasteiger partial charge >= 0.3 is 0 Å². The fourth-order valence-electron chi connectivity index (χ4n) is 0.998. The molecule has 0 saturated heterocycles. The molecule has 1 aromatic rings. The highest BCUT2D eigenvalue weighted by Crippen LogP contribution is 2.32. The Hall–Kier alpha value is -0.930. The number of alkyl halides is 1. The number of hydrogen-bond donors (Lipinski definition) is 1. The molecule has 76 valence electrons. The maximum Gasteiger partial charge on any atom is 0.239 e. The van der Waals surface area contributed by atoms with Gasteiger partial charge in [-0.1, -0.05) is 17.7 Å². The van der Waals surface area contributed by atoms with Crippen molar-refractivity contribution in [1.82, 2.24) is 0 Å². The highest BCUT2D eigenvalue weighted by molar-refractivity contribution is 6.33. The Bertz CT molecular complexity index is 342. The zero-order chi connectivity index (χ0) is 10.6. The minimum Gasteiger partial charge on any atom is -0.493 e. The van der Waals surface area contributed by atoms with Crippen LogP contribution >= 0.6 is 23.2 Å². The van der Waals surface area contributed by atoms with Crippen molar-refractivity contribution in [3.05, 3.63) is 23.2 Å². The fourth-order valence-corrected chi connectivity index (χ4v) is 1.32. The molecule has 0 heterocycles. The van der Waals surface area contributed by atoms with Crippen LogP contribution in [0.2, 0.25) is 5.02 Å². The number of rotatable bonds is 3. The molecule has 0 aliphatic rings. The van der Waals surface area contributed by atoms with Crippen LogP contribution in [0.4, 0.5) is 5.69 Å². The van der Waals surface area contributed by atoms with Crippen molar-refractivity contribution < 1.29 is 9.53 Å². The van der Waals surface area contributed by atoms with Gasteiger partial charge in [-0.2, -0.15) is 0 Å². The molecule has 0 aliphatic heterocycles. The van der Waals surface area contributed by atoms with Gasteiger partial charge in [0.2, 0.25) is 5.91 Å². The van der Waals surface area contributed by atoms with Gasteiger partial charge in [-0.15, -0.1) is 11.6 Å². The first-order chi connectivity index (χ1) is 6.69. The second-order valence-corrected chi connectivity index (χ2v) is 3.18. The summed E-state index contributed by atoms with van der Waals surface area (Å²) in [4.78, 5) is 11.0. The Morgan fingerprint density at radius 1 is 1.57 bits per heavy atom. The van der Waals surface area contributed by atoms with Gasteiger partial charge in [0.25, 0.3) is 0 Å². The van der Waals surface area contributed by atoms with Crippen LogP contribution < -0.4 is 10.1 Å². The zero-order valence-corrected chi connectivity index (χ0v) is 9.02. The largest absolute Gasteiger partial charge is 0.493 e. The molecule has 5 heteroatoms. The van der Waals surface area contributed by atoms with Gasteiger partial charge in [-0.3, -0.25) is 4.79 Å². The summed E-state index contributed by atoms with van der Waals surface area (Å²) in [5, 5.41) is 3.02. The molecule has 0 spiro atoms. The van der Waals surface area contributed by atoms with Crippen LogP contribution in [0.25, 0.3) is 0 Å². The van der Waals surface area contributed by atoms with Gasteiger partial charge in [0.1, 0.15) is 5.88 Å². The number of methoxy groups -OCH3 is 1. The molecule has 0 fully saturated rings. The third kappa shape index (κ3) is 2.53. The smallest absolute Gasteiger partial charge is 0.239 e. The summed E-state index contributed by atoms with van der Waals surface area (Å²) >= 11 is 11.2. The normalized spacial score (nSPS) is 9.64. The number of carbonyl (C=O) groups excluding carboxylic acids is 1. The van der Waals surface area contributed by atoms with Gasteiger partial charge in [-0.05, 0) is 12.1 Å². The van der Waals surface area contributed by atoms with Crippen LogP contribution in [0.5, 0.6) is 5.75 Å². The third-order valence-electron chi connectivity index (χ3n) is 1.57. The Kier molecular flexibility index (Phi) is 4.04.